The molecular weight excluding hydrogens is 170 g/mol. The van der Waals surface area contributed by atoms with Crippen LogP contribution in [-0.4, -0.2) is 48.8 Å². The zero-order chi connectivity index (χ0) is 9.52. The Hall–Kier alpha value is -1.05. The van der Waals surface area contributed by atoms with Crippen LogP contribution in [0.3, 0.4) is 0 Å². The smallest absolute Gasteiger partial charge is 0.381 e. The van der Waals surface area contributed by atoms with Crippen molar-refractivity contribution in [3.8, 4) is 11.8 Å². The van der Waals surface area contributed by atoms with Crippen molar-refractivity contribution in [2.45, 2.75) is 6.42 Å². The number of hydrogen-bond acceptors (Lipinski definition) is 3. The first kappa shape index (κ1) is 10.0. The molecule has 1 N–H and O–H groups in total. The minimum Gasteiger partial charge on any atom is -0.472 e. The number of morpholine rings is 1. The largest absolute Gasteiger partial charge is 0.472 e. The molecule has 72 valence electrons. The van der Waals surface area contributed by atoms with Crippen LogP contribution in [0.5, 0.6) is 0 Å². The number of aliphatic carboxylic acids is 1. The quantitative estimate of drug-likeness (QED) is 0.602. The summed E-state index contributed by atoms with van der Waals surface area (Å²) in [6.45, 7) is 4.23. The molecule has 0 aromatic rings. The summed E-state index contributed by atoms with van der Waals surface area (Å²) in [4.78, 5) is 12.3. The highest BCUT2D eigenvalue weighted by atomic mass is 16.5. The Morgan fingerprint density at radius 2 is 2.15 bits per heavy atom. The number of carboxylic acids is 1. The molecule has 4 heteroatoms. The maximum absolute atomic E-state index is 10.0. The number of carboxylic acid groups (broad SMARTS) is 1. The molecule has 0 amide bonds. The van der Waals surface area contributed by atoms with E-state index in [2.05, 4.69) is 16.7 Å². The van der Waals surface area contributed by atoms with Crippen molar-refractivity contribution in [3.05, 3.63) is 0 Å². The third-order valence-corrected chi connectivity index (χ3v) is 1.85. The van der Waals surface area contributed by atoms with Crippen LogP contribution in [-0.2, 0) is 9.53 Å². The van der Waals surface area contributed by atoms with Crippen LogP contribution in [0, 0.1) is 11.8 Å². The Labute approximate surface area is 77.5 Å². The molecule has 0 atom stereocenters. The molecule has 1 fully saturated rings. The minimum absolute atomic E-state index is 0.617. The lowest BCUT2D eigenvalue weighted by Crippen LogP contribution is -2.36. The molecule has 0 unspecified atom stereocenters. The predicted molar refractivity (Wildman–Crippen MR) is 47.3 cm³/mol. The lowest BCUT2D eigenvalue weighted by molar-refractivity contribution is -0.130. The predicted octanol–water partition coefficient (Wildman–Crippen LogP) is -0.203. The summed E-state index contributed by atoms with van der Waals surface area (Å²) < 4.78 is 5.17. The normalized spacial score (nSPS) is 17.5. The van der Waals surface area contributed by atoms with Crippen molar-refractivity contribution in [2.24, 2.45) is 0 Å². The highest BCUT2D eigenvalue weighted by Gasteiger charge is 2.08. The zero-order valence-corrected chi connectivity index (χ0v) is 7.45. The van der Waals surface area contributed by atoms with Crippen molar-refractivity contribution >= 4 is 5.97 Å². The van der Waals surface area contributed by atoms with Crippen molar-refractivity contribution < 1.29 is 14.6 Å². The third-order valence-electron chi connectivity index (χ3n) is 1.85. The molecule has 1 rings (SSSR count). The van der Waals surface area contributed by atoms with Crippen LogP contribution in [0.2, 0.25) is 0 Å². The van der Waals surface area contributed by atoms with Gasteiger partial charge >= 0.3 is 5.97 Å². The van der Waals surface area contributed by atoms with E-state index >= 15 is 0 Å². The van der Waals surface area contributed by atoms with E-state index in [1.54, 1.807) is 0 Å². The molecular formula is C9H13NO3. The van der Waals surface area contributed by atoms with Gasteiger partial charge in [0.1, 0.15) is 0 Å². The van der Waals surface area contributed by atoms with Crippen LogP contribution in [0.25, 0.3) is 0 Å². The second kappa shape index (κ2) is 5.57. The first-order valence-electron chi connectivity index (χ1n) is 4.31. The van der Waals surface area contributed by atoms with Gasteiger partial charge in [-0.05, 0) is 0 Å². The van der Waals surface area contributed by atoms with Gasteiger partial charge in [0.25, 0.3) is 0 Å². The summed E-state index contributed by atoms with van der Waals surface area (Å²) in [5.74, 6) is 3.64. The Balaban J connectivity index is 2.12. The van der Waals surface area contributed by atoms with Gasteiger partial charge in [-0.25, -0.2) is 4.79 Å². The van der Waals surface area contributed by atoms with Crippen molar-refractivity contribution in [3.63, 3.8) is 0 Å². The Bertz CT molecular complexity index is 223. The Morgan fingerprint density at radius 1 is 1.46 bits per heavy atom. The van der Waals surface area contributed by atoms with E-state index in [0.717, 1.165) is 32.8 Å². The second-order valence-electron chi connectivity index (χ2n) is 2.81. The fraction of sp³-hybridized carbons (Fsp3) is 0.667. The van der Waals surface area contributed by atoms with E-state index in [-0.39, 0.29) is 0 Å². The molecule has 1 heterocycles. The Morgan fingerprint density at radius 3 is 2.77 bits per heavy atom. The van der Waals surface area contributed by atoms with Crippen LogP contribution in [0.4, 0.5) is 0 Å². The summed E-state index contributed by atoms with van der Waals surface area (Å²) in [7, 11) is 0. The van der Waals surface area contributed by atoms with Gasteiger partial charge < -0.3 is 9.84 Å². The molecule has 0 aliphatic carbocycles. The number of carbonyl (C=O) groups is 1. The molecule has 0 saturated carbocycles. The van der Waals surface area contributed by atoms with E-state index in [4.69, 9.17) is 9.84 Å². The molecule has 0 aromatic carbocycles. The summed E-state index contributed by atoms with van der Waals surface area (Å²) >= 11 is 0. The molecule has 0 radical (unpaired) electrons. The fourth-order valence-electron chi connectivity index (χ4n) is 1.18. The second-order valence-corrected chi connectivity index (χ2v) is 2.81. The topological polar surface area (TPSA) is 49.8 Å². The number of nitrogens with zero attached hydrogens (tertiary/aromatic N) is 1. The fourth-order valence-corrected chi connectivity index (χ4v) is 1.18. The SMILES string of the molecule is O=C(O)C#CCCN1CCOCC1. The molecule has 1 aliphatic heterocycles. The molecule has 13 heavy (non-hydrogen) atoms. The monoisotopic (exact) mass is 183 g/mol. The molecule has 4 nitrogen and oxygen atoms in total. The molecule has 0 bridgehead atoms. The zero-order valence-electron chi connectivity index (χ0n) is 7.45. The summed E-state index contributed by atoms with van der Waals surface area (Å²) in [5, 5.41) is 8.24. The third kappa shape index (κ3) is 4.51. The van der Waals surface area contributed by atoms with Crippen LogP contribution in [0.1, 0.15) is 6.42 Å². The lowest BCUT2D eigenvalue weighted by Gasteiger charge is -2.25. The van der Waals surface area contributed by atoms with Gasteiger partial charge in [-0.2, -0.15) is 0 Å². The standard InChI is InChI=1S/C9H13NO3/c11-9(12)3-1-2-4-10-5-7-13-8-6-10/h2,4-8H2,(H,11,12). The van der Waals surface area contributed by atoms with Crippen molar-refractivity contribution in [1.82, 2.24) is 4.90 Å². The highest BCUT2D eigenvalue weighted by molar-refractivity contribution is 5.86. The van der Waals surface area contributed by atoms with Gasteiger partial charge in [0.15, 0.2) is 0 Å². The van der Waals surface area contributed by atoms with E-state index in [0.29, 0.717) is 6.42 Å². The minimum atomic E-state index is -1.05. The van der Waals surface area contributed by atoms with Crippen LogP contribution >= 0.6 is 0 Å². The lowest BCUT2D eigenvalue weighted by atomic mass is 10.3. The highest BCUT2D eigenvalue weighted by Crippen LogP contribution is 1.96. The first-order chi connectivity index (χ1) is 6.29. The van der Waals surface area contributed by atoms with Gasteiger partial charge in [0.2, 0.25) is 0 Å². The van der Waals surface area contributed by atoms with E-state index in [9.17, 15) is 4.79 Å². The van der Waals surface area contributed by atoms with Crippen molar-refractivity contribution in [1.29, 1.82) is 0 Å². The summed E-state index contributed by atoms with van der Waals surface area (Å²) in [5.41, 5.74) is 0. The van der Waals surface area contributed by atoms with Crippen molar-refractivity contribution in [2.75, 3.05) is 32.8 Å². The number of ether oxygens (including phenoxy) is 1. The van der Waals surface area contributed by atoms with E-state index in [1.165, 1.54) is 0 Å². The number of hydrogen-bond donors (Lipinski definition) is 1. The first-order valence-corrected chi connectivity index (χ1v) is 4.31. The summed E-state index contributed by atoms with van der Waals surface area (Å²) in [6, 6.07) is 0. The van der Waals surface area contributed by atoms with Gasteiger partial charge in [-0.3, -0.25) is 4.90 Å². The molecule has 0 spiro atoms. The van der Waals surface area contributed by atoms with Crippen LogP contribution in [0.15, 0.2) is 0 Å². The van der Waals surface area contributed by atoms with Gasteiger partial charge in [-0.1, -0.05) is 5.92 Å². The maximum atomic E-state index is 10.0. The Kier molecular flexibility index (Phi) is 4.30. The maximum Gasteiger partial charge on any atom is 0.381 e. The van der Waals surface area contributed by atoms with Gasteiger partial charge in [-0.15, -0.1) is 0 Å². The number of rotatable bonds is 2. The molecule has 0 aromatic heterocycles. The van der Waals surface area contributed by atoms with Crippen LogP contribution < -0.4 is 0 Å². The van der Waals surface area contributed by atoms with E-state index < -0.39 is 5.97 Å². The average Bonchev–Trinajstić information content (AvgIpc) is 2.14. The van der Waals surface area contributed by atoms with E-state index in [1.807, 2.05) is 0 Å². The average molecular weight is 183 g/mol. The van der Waals surface area contributed by atoms with Gasteiger partial charge in [0, 0.05) is 32.0 Å². The van der Waals surface area contributed by atoms with Gasteiger partial charge in [0.05, 0.1) is 13.2 Å². The summed E-state index contributed by atoms with van der Waals surface area (Å²) in [6.07, 6.45) is 0.617. The molecule has 1 aliphatic rings. The molecule has 1 saturated heterocycles.